The molecule has 7 nitrogen and oxygen atoms in total. The lowest BCUT2D eigenvalue weighted by molar-refractivity contribution is -0.146. The van der Waals surface area contributed by atoms with Crippen molar-refractivity contribution in [1.29, 1.82) is 0 Å². The Morgan fingerprint density at radius 2 is 1.89 bits per heavy atom. The molecule has 0 aliphatic carbocycles. The highest BCUT2D eigenvalue weighted by molar-refractivity contribution is 8.00. The Morgan fingerprint density at radius 3 is 2.50 bits per heavy atom. The molecule has 4 aromatic rings. The van der Waals surface area contributed by atoms with Crippen molar-refractivity contribution in [3.05, 3.63) is 88.8 Å². The van der Waals surface area contributed by atoms with Gasteiger partial charge in [-0.3, -0.25) is 14.6 Å². The molecule has 2 aromatic heterocycles. The van der Waals surface area contributed by atoms with Gasteiger partial charge in [0, 0.05) is 62.2 Å². The number of rotatable bonds is 11. The molecule has 0 bridgehead atoms. The van der Waals surface area contributed by atoms with E-state index in [0.29, 0.717) is 29.3 Å². The Bertz CT molecular complexity index is 1640. The lowest BCUT2D eigenvalue weighted by Crippen LogP contribution is -2.44. The zero-order chi connectivity index (χ0) is 31.6. The number of carbonyl (C=O) groups is 2. The predicted molar refractivity (Wildman–Crippen MR) is 177 cm³/mol. The number of carboxylic acids is 1. The molecule has 1 aliphatic heterocycles. The summed E-state index contributed by atoms with van der Waals surface area (Å²) in [5.41, 5.74) is 2.52. The summed E-state index contributed by atoms with van der Waals surface area (Å²) in [6, 6.07) is 17.1. The van der Waals surface area contributed by atoms with Crippen LogP contribution in [-0.2, 0) is 17.8 Å². The maximum absolute atomic E-state index is 13.7. The Balaban J connectivity index is 1.64. The van der Waals surface area contributed by atoms with E-state index in [2.05, 4.69) is 35.6 Å². The number of ketones is 1. The highest BCUT2D eigenvalue weighted by atomic mass is 35.5. The van der Waals surface area contributed by atoms with Gasteiger partial charge >= 0.3 is 5.97 Å². The second-order valence-electron chi connectivity index (χ2n) is 13.1. The zero-order valence-corrected chi connectivity index (χ0v) is 27.5. The Labute approximate surface area is 268 Å². The van der Waals surface area contributed by atoms with Crippen LogP contribution in [0.5, 0.6) is 5.75 Å². The average molecular weight is 634 g/mol. The molecule has 44 heavy (non-hydrogen) atoms. The maximum Gasteiger partial charge on any atom is 0.309 e. The Hall–Kier alpha value is -3.33. The molecule has 2 N–H and O–H groups in total. The molecule has 2 atom stereocenters. The number of carbonyl (C=O) groups excluding carboxylic acids is 1. The van der Waals surface area contributed by atoms with Crippen molar-refractivity contribution in [3.63, 3.8) is 0 Å². The monoisotopic (exact) mass is 633 g/mol. The van der Waals surface area contributed by atoms with Gasteiger partial charge in [-0.05, 0) is 81.3 Å². The number of carboxylic acid groups (broad SMARTS) is 1. The summed E-state index contributed by atoms with van der Waals surface area (Å²) in [5, 5.41) is 15.2. The van der Waals surface area contributed by atoms with Crippen LogP contribution in [0.25, 0.3) is 10.9 Å². The third kappa shape index (κ3) is 7.31. The molecule has 2 aromatic carbocycles. The van der Waals surface area contributed by atoms with Crippen molar-refractivity contribution in [3.8, 4) is 5.75 Å². The molecule has 0 spiro atoms. The summed E-state index contributed by atoms with van der Waals surface area (Å²) in [5.74, 6) is -0.361. The molecule has 5 rings (SSSR count). The quantitative estimate of drug-likeness (QED) is 0.129. The van der Waals surface area contributed by atoms with Crippen LogP contribution in [0, 0.1) is 5.41 Å². The smallest absolute Gasteiger partial charge is 0.309 e. The van der Waals surface area contributed by atoms with Crippen molar-refractivity contribution in [2.24, 2.45) is 5.41 Å². The first-order valence-corrected chi connectivity index (χ1v) is 16.2. The molecule has 1 saturated heterocycles. The van der Waals surface area contributed by atoms with Gasteiger partial charge in [0.25, 0.3) is 0 Å². The highest BCUT2D eigenvalue weighted by Crippen LogP contribution is 2.44. The minimum absolute atomic E-state index is 0.105. The predicted octanol–water partition coefficient (Wildman–Crippen LogP) is 7.66. The highest BCUT2D eigenvalue weighted by Gasteiger charge is 2.35. The number of Topliss-reactive ketones (excluding diaryl/α,β-unsaturated/α-hetero) is 1. The van der Waals surface area contributed by atoms with E-state index in [4.69, 9.17) is 16.3 Å². The number of halogens is 1. The minimum Gasteiger partial charge on any atom is -0.481 e. The second kappa shape index (κ2) is 13.0. The number of benzene rings is 2. The summed E-state index contributed by atoms with van der Waals surface area (Å²) in [6.45, 7) is 11.4. The zero-order valence-electron chi connectivity index (χ0n) is 25.9. The molecular weight excluding hydrogens is 594 g/mol. The van der Waals surface area contributed by atoms with Crippen molar-refractivity contribution < 1.29 is 19.4 Å². The van der Waals surface area contributed by atoms with Gasteiger partial charge in [0.05, 0.1) is 11.5 Å². The van der Waals surface area contributed by atoms with Crippen LogP contribution in [0.1, 0.15) is 69.1 Å². The number of aromatic nitrogens is 2. The van der Waals surface area contributed by atoms with Gasteiger partial charge in [0.2, 0.25) is 5.78 Å². The third-order valence-electron chi connectivity index (χ3n) is 7.87. The SMILES string of the molecule is CC(C)(C)Sc1c(CC(C)(C)C(=O)O)n(Cc2ccc(Cl)cc2)c2ccc(OC(C(=O)c3cccnc3)C3CCCN3)cc12. The van der Waals surface area contributed by atoms with Crippen LogP contribution in [0.3, 0.4) is 0 Å². The number of hydrogen-bond donors (Lipinski definition) is 2. The van der Waals surface area contributed by atoms with Crippen LogP contribution < -0.4 is 10.1 Å². The molecule has 0 saturated carbocycles. The van der Waals surface area contributed by atoms with Gasteiger partial charge in [-0.25, -0.2) is 0 Å². The maximum atomic E-state index is 13.7. The van der Waals surface area contributed by atoms with E-state index in [9.17, 15) is 14.7 Å². The molecule has 0 amide bonds. The third-order valence-corrected chi connectivity index (χ3v) is 9.40. The summed E-state index contributed by atoms with van der Waals surface area (Å²) in [6.07, 6.45) is 4.69. The summed E-state index contributed by atoms with van der Waals surface area (Å²) in [7, 11) is 0. The first kappa shape index (κ1) is 32.1. The number of nitrogens with zero attached hydrogens (tertiary/aromatic N) is 2. The topological polar surface area (TPSA) is 93.5 Å². The fourth-order valence-corrected chi connectivity index (χ4v) is 6.89. The van der Waals surface area contributed by atoms with Gasteiger partial charge in [0.15, 0.2) is 6.10 Å². The number of nitrogens with one attached hydrogen (secondary N) is 1. The van der Waals surface area contributed by atoms with E-state index in [-0.39, 0.29) is 16.6 Å². The first-order valence-electron chi connectivity index (χ1n) is 15.0. The standard InChI is InChI=1S/C35H40ClN3O4S/c1-34(2,3)44-32-26-18-25(43-31(27-9-7-17-38-27)30(40)23-8-6-16-37-20-23)14-15-28(26)39(21-22-10-12-24(36)13-11-22)29(32)19-35(4,5)33(41)42/h6,8,10-16,18,20,27,31,38H,7,9,17,19,21H2,1-5H3,(H,41,42). The van der Waals surface area contributed by atoms with Crippen molar-refractivity contribution in [1.82, 2.24) is 14.9 Å². The van der Waals surface area contributed by atoms with Crippen LogP contribution in [0.2, 0.25) is 5.02 Å². The van der Waals surface area contributed by atoms with Crippen molar-refractivity contribution >= 4 is 46.0 Å². The van der Waals surface area contributed by atoms with Crippen LogP contribution >= 0.6 is 23.4 Å². The molecule has 1 fully saturated rings. The lowest BCUT2D eigenvalue weighted by atomic mass is 9.88. The van der Waals surface area contributed by atoms with E-state index in [1.165, 1.54) is 0 Å². The first-order chi connectivity index (χ1) is 20.8. The van der Waals surface area contributed by atoms with Crippen LogP contribution in [-0.4, -0.2) is 49.8 Å². The van der Waals surface area contributed by atoms with Gasteiger partial charge in [0.1, 0.15) is 5.75 Å². The van der Waals surface area contributed by atoms with Crippen LogP contribution in [0.15, 0.2) is 71.9 Å². The largest absolute Gasteiger partial charge is 0.481 e. The fraction of sp³-hybridized carbons (Fsp3) is 0.400. The molecule has 3 heterocycles. The molecular formula is C35H40ClN3O4S. The lowest BCUT2D eigenvalue weighted by Gasteiger charge is -2.24. The summed E-state index contributed by atoms with van der Waals surface area (Å²) >= 11 is 7.91. The van der Waals surface area contributed by atoms with E-state index >= 15 is 0 Å². The van der Waals surface area contributed by atoms with Crippen LogP contribution in [0.4, 0.5) is 0 Å². The molecule has 9 heteroatoms. The van der Waals surface area contributed by atoms with E-state index in [0.717, 1.165) is 46.4 Å². The second-order valence-corrected chi connectivity index (χ2v) is 15.4. The van der Waals surface area contributed by atoms with Gasteiger partial charge in [-0.1, -0.05) is 44.5 Å². The average Bonchev–Trinajstić information content (AvgIpc) is 3.60. The van der Waals surface area contributed by atoms with E-state index in [1.54, 1.807) is 50.1 Å². The van der Waals surface area contributed by atoms with Gasteiger partial charge < -0.3 is 19.7 Å². The minimum atomic E-state index is -0.992. The summed E-state index contributed by atoms with van der Waals surface area (Å²) in [4.78, 5) is 31.2. The molecule has 0 radical (unpaired) electrons. The fourth-order valence-electron chi connectivity index (χ4n) is 5.58. The van der Waals surface area contributed by atoms with E-state index < -0.39 is 17.5 Å². The number of thioether (sulfide) groups is 1. The van der Waals surface area contributed by atoms with Gasteiger partial charge in [-0.15, -0.1) is 11.8 Å². The number of hydrogen-bond acceptors (Lipinski definition) is 6. The molecule has 1 aliphatic rings. The number of pyridine rings is 1. The normalized spacial score (nSPS) is 16.3. The molecule has 2 unspecified atom stereocenters. The Morgan fingerprint density at radius 1 is 1.14 bits per heavy atom. The van der Waals surface area contributed by atoms with Gasteiger partial charge in [-0.2, -0.15) is 0 Å². The summed E-state index contributed by atoms with van der Waals surface area (Å²) < 4.78 is 8.63. The number of ether oxygens (including phenoxy) is 1. The van der Waals surface area contributed by atoms with E-state index in [1.807, 2.05) is 42.5 Å². The number of fused-ring (bicyclic) bond motifs is 1. The Kier molecular flexibility index (Phi) is 9.44. The number of aliphatic carboxylic acids is 1. The van der Waals surface area contributed by atoms with Crippen molar-refractivity contribution in [2.75, 3.05) is 6.54 Å². The molecule has 232 valence electrons. The van der Waals surface area contributed by atoms with Crippen molar-refractivity contribution in [2.45, 2.75) is 82.2 Å².